The van der Waals surface area contributed by atoms with E-state index in [9.17, 15) is 14.4 Å². The lowest BCUT2D eigenvalue weighted by molar-refractivity contribution is -0.153. The first-order valence-electron chi connectivity index (χ1n) is 11.3. The second-order valence-electron chi connectivity index (χ2n) is 8.21. The molecule has 166 valence electrons. The van der Waals surface area contributed by atoms with Gasteiger partial charge in [-0.1, -0.05) is 57.0 Å². The first kappa shape index (κ1) is 23.9. The maximum atomic E-state index is 12.8. The molecule has 2 N–H and O–H groups in total. The molecule has 4 unspecified atom stereocenters. The van der Waals surface area contributed by atoms with Crippen molar-refractivity contribution in [3.63, 3.8) is 0 Å². The number of hydrogen-bond acceptors (Lipinski definition) is 4. The van der Waals surface area contributed by atoms with Gasteiger partial charge in [0, 0.05) is 12.5 Å². The molecule has 6 nitrogen and oxygen atoms in total. The van der Waals surface area contributed by atoms with Crippen LogP contribution in [0.3, 0.4) is 0 Å². The van der Waals surface area contributed by atoms with Crippen LogP contribution in [0, 0.1) is 11.8 Å². The van der Waals surface area contributed by atoms with Crippen LogP contribution in [0.5, 0.6) is 0 Å². The largest absolute Gasteiger partial charge is 0.461 e. The summed E-state index contributed by atoms with van der Waals surface area (Å²) in [6, 6.07) is 8.99. The Morgan fingerprint density at radius 1 is 1.10 bits per heavy atom. The zero-order valence-corrected chi connectivity index (χ0v) is 18.5. The first-order valence-corrected chi connectivity index (χ1v) is 11.3. The SMILES string of the molecule is CCCC(=O)NC(C)C(=O)NC1CCCCC1C(CC)C(=O)OCc1ccccc1. The number of rotatable bonds is 10. The number of ether oxygens (including phenoxy) is 1. The summed E-state index contributed by atoms with van der Waals surface area (Å²) < 4.78 is 5.61. The number of benzene rings is 1. The molecule has 0 aliphatic heterocycles. The predicted octanol–water partition coefficient (Wildman–Crippen LogP) is 3.74. The minimum absolute atomic E-state index is 0.0505. The lowest BCUT2D eigenvalue weighted by Crippen LogP contribution is -2.52. The van der Waals surface area contributed by atoms with E-state index in [-0.39, 0.29) is 42.3 Å². The highest BCUT2D eigenvalue weighted by Crippen LogP contribution is 2.33. The Kier molecular flexibility index (Phi) is 9.84. The van der Waals surface area contributed by atoms with Gasteiger partial charge in [-0.25, -0.2) is 0 Å². The molecule has 2 amide bonds. The topological polar surface area (TPSA) is 84.5 Å². The van der Waals surface area contributed by atoms with Crippen LogP contribution < -0.4 is 10.6 Å². The van der Waals surface area contributed by atoms with Crippen molar-refractivity contribution in [3.8, 4) is 0 Å². The molecule has 0 bridgehead atoms. The van der Waals surface area contributed by atoms with Gasteiger partial charge < -0.3 is 15.4 Å². The Balaban J connectivity index is 1.96. The first-order chi connectivity index (χ1) is 14.5. The average Bonchev–Trinajstić information content (AvgIpc) is 2.74. The summed E-state index contributed by atoms with van der Waals surface area (Å²) >= 11 is 0. The van der Waals surface area contributed by atoms with E-state index >= 15 is 0 Å². The Hall–Kier alpha value is -2.37. The van der Waals surface area contributed by atoms with Crippen molar-refractivity contribution in [2.45, 2.75) is 84.4 Å². The molecular formula is C24H36N2O4. The van der Waals surface area contributed by atoms with Gasteiger partial charge in [-0.05, 0) is 44.1 Å². The van der Waals surface area contributed by atoms with Crippen molar-refractivity contribution in [1.82, 2.24) is 10.6 Å². The highest BCUT2D eigenvalue weighted by atomic mass is 16.5. The van der Waals surface area contributed by atoms with Gasteiger partial charge in [0.25, 0.3) is 0 Å². The monoisotopic (exact) mass is 416 g/mol. The van der Waals surface area contributed by atoms with Gasteiger partial charge in [0.1, 0.15) is 12.6 Å². The molecule has 1 fully saturated rings. The summed E-state index contributed by atoms with van der Waals surface area (Å²) in [5, 5.41) is 5.85. The molecule has 0 radical (unpaired) electrons. The summed E-state index contributed by atoms with van der Waals surface area (Å²) in [4.78, 5) is 37.3. The summed E-state index contributed by atoms with van der Waals surface area (Å²) in [5.41, 5.74) is 0.964. The fraction of sp³-hybridized carbons (Fsp3) is 0.625. The van der Waals surface area contributed by atoms with Crippen LogP contribution in [0.4, 0.5) is 0 Å². The van der Waals surface area contributed by atoms with Crippen molar-refractivity contribution >= 4 is 17.8 Å². The number of esters is 1. The summed E-state index contributed by atoms with van der Waals surface area (Å²) in [7, 11) is 0. The number of amides is 2. The minimum Gasteiger partial charge on any atom is -0.461 e. The third kappa shape index (κ3) is 7.15. The Morgan fingerprint density at radius 2 is 1.80 bits per heavy atom. The molecule has 0 aromatic heterocycles. The van der Waals surface area contributed by atoms with Gasteiger partial charge >= 0.3 is 5.97 Å². The Bertz CT molecular complexity index is 692. The van der Waals surface area contributed by atoms with Crippen LogP contribution in [0.15, 0.2) is 30.3 Å². The van der Waals surface area contributed by atoms with Gasteiger partial charge in [-0.2, -0.15) is 0 Å². The van der Waals surface area contributed by atoms with Gasteiger partial charge in [0.05, 0.1) is 5.92 Å². The van der Waals surface area contributed by atoms with E-state index in [4.69, 9.17) is 4.74 Å². The Morgan fingerprint density at radius 3 is 2.47 bits per heavy atom. The van der Waals surface area contributed by atoms with Crippen LogP contribution in [-0.2, 0) is 25.7 Å². The minimum atomic E-state index is -0.586. The normalized spacial score (nSPS) is 20.6. The lowest BCUT2D eigenvalue weighted by Gasteiger charge is -2.36. The number of carbonyl (C=O) groups is 3. The predicted molar refractivity (Wildman–Crippen MR) is 116 cm³/mol. The van der Waals surface area contributed by atoms with Crippen molar-refractivity contribution in [2.75, 3.05) is 0 Å². The van der Waals surface area contributed by atoms with Crippen molar-refractivity contribution < 1.29 is 19.1 Å². The second kappa shape index (κ2) is 12.4. The third-order valence-corrected chi connectivity index (χ3v) is 5.88. The average molecular weight is 417 g/mol. The zero-order valence-electron chi connectivity index (χ0n) is 18.5. The van der Waals surface area contributed by atoms with E-state index in [2.05, 4.69) is 10.6 Å². The van der Waals surface area contributed by atoms with Gasteiger partial charge in [0.15, 0.2) is 0 Å². The molecule has 1 aromatic rings. The fourth-order valence-corrected chi connectivity index (χ4v) is 4.21. The maximum Gasteiger partial charge on any atom is 0.309 e. The van der Waals surface area contributed by atoms with Crippen molar-refractivity contribution in [3.05, 3.63) is 35.9 Å². The molecular weight excluding hydrogens is 380 g/mol. The van der Waals surface area contributed by atoms with Crippen LogP contribution in [0.25, 0.3) is 0 Å². The highest BCUT2D eigenvalue weighted by molar-refractivity contribution is 5.87. The standard InChI is InChI=1S/C24H36N2O4/c1-4-11-22(27)25-17(3)23(28)26-21-15-10-9-14-20(21)19(5-2)24(29)30-16-18-12-7-6-8-13-18/h6-8,12-13,17,19-21H,4-5,9-11,14-16H2,1-3H3,(H,25,27)(H,26,28). The van der Waals surface area contributed by atoms with E-state index in [0.717, 1.165) is 37.7 Å². The molecule has 1 aliphatic carbocycles. The number of nitrogens with one attached hydrogen (secondary N) is 2. The Labute approximate surface area is 180 Å². The van der Waals surface area contributed by atoms with Crippen molar-refractivity contribution in [1.29, 1.82) is 0 Å². The van der Waals surface area contributed by atoms with Crippen LogP contribution in [0.1, 0.15) is 71.3 Å². The van der Waals surface area contributed by atoms with Gasteiger partial charge in [0.2, 0.25) is 11.8 Å². The molecule has 1 aromatic carbocycles. The molecule has 0 heterocycles. The van der Waals surface area contributed by atoms with E-state index in [1.165, 1.54) is 0 Å². The molecule has 30 heavy (non-hydrogen) atoms. The maximum absolute atomic E-state index is 12.8. The smallest absolute Gasteiger partial charge is 0.309 e. The van der Waals surface area contributed by atoms with Gasteiger partial charge in [-0.3, -0.25) is 14.4 Å². The van der Waals surface area contributed by atoms with Crippen LogP contribution >= 0.6 is 0 Å². The molecule has 4 atom stereocenters. The summed E-state index contributed by atoms with van der Waals surface area (Å²) in [6.07, 6.45) is 5.63. The van der Waals surface area contributed by atoms with Crippen molar-refractivity contribution in [2.24, 2.45) is 11.8 Å². The molecule has 2 rings (SSSR count). The van der Waals surface area contributed by atoms with E-state index < -0.39 is 6.04 Å². The van der Waals surface area contributed by atoms with E-state index in [1.807, 2.05) is 44.2 Å². The molecule has 1 aliphatic rings. The molecule has 6 heteroatoms. The number of hydrogen-bond donors (Lipinski definition) is 2. The molecule has 0 saturated heterocycles. The second-order valence-corrected chi connectivity index (χ2v) is 8.21. The molecule has 1 saturated carbocycles. The summed E-state index contributed by atoms with van der Waals surface area (Å²) in [5.74, 6) is -0.698. The van der Waals surface area contributed by atoms with Crippen LogP contribution in [-0.4, -0.2) is 29.9 Å². The van der Waals surface area contributed by atoms with Crippen LogP contribution in [0.2, 0.25) is 0 Å². The quantitative estimate of drug-likeness (QED) is 0.569. The zero-order chi connectivity index (χ0) is 21.9. The van der Waals surface area contributed by atoms with E-state index in [0.29, 0.717) is 12.8 Å². The van der Waals surface area contributed by atoms with E-state index in [1.54, 1.807) is 6.92 Å². The fourth-order valence-electron chi connectivity index (χ4n) is 4.21. The summed E-state index contributed by atoms with van der Waals surface area (Å²) in [6.45, 7) is 5.89. The lowest BCUT2D eigenvalue weighted by atomic mass is 9.75. The molecule has 0 spiro atoms. The highest BCUT2D eigenvalue weighted by Gasteiger charge is 2.37. The van der Waals surface area contributed by atoms with Gasteiger partial charge in [-0.15, -0.1) is 0 Å². The third-order valence-electron chi connectivity index (χ3n) is 5.88. The number of carbonyl (C=O) groups excluding carboxylic acids is 3.